The molecule has 1 aromatic heterocycles. The number of hydrogen-bond acceptors (Lipinski definition) is 3. The van der Waals surface area contributed by atoms with Crippen LogP contribution in [-0.4, -0.2) is 18.0 Å². The van der Waals surface area contributed by atoms with Gasteiger partial charge in [0, 0.05) is 6.20 Å². The number of nitrogens with one attached hydrogen (secondary N) is 1. The van der Waals surface area contributed by atoms with Gasteiger partial charge in [-0.2, -0.15) is 0 Å². The molecular weight excluding hydrogens is 264 g/mol. The maximum atomic E-state index is 11.8. The SMILES string of the molecule is COc1ccc(CC(=O)Nc2ccc(Cl)cn2)cc1. The van der Waals surface area contributed by atoms with Crippen molar-refractivity contribution >= 4 is 23.3 Å². The van der Waals surface area contributed by atoms with Gasteiger partial charge in [0.05, 0.1) is 18.6 Å². The highest BCUT2D eigenvalue weighted by molar-refractivity contribution is 6.30. The van der Waals surface area contributed by atoms with Gasteiger partial charge in [-0.3, -0.25) is 4.79 Å². The highest BCUT2D eigenvalue weighted by atomic mass is 35.5. The zero-order chi connectivity index (χ0) is 13.7. The molecule has 2 aromatic rings. The van der Waals surface area contributed by atoms with Crippen molar-refractivity contribution in [2.45, 2.75) is 6.42 Å². The molecule has 1 aromatic carbocycles. The lowest BCUT2D eigenvalue weighted by Gasteiger charge is -2.05. The van der Waals surface area contributed by atoms with Crippen LogP contribution in [0.2, 0.25) is 5.02 Å². The molecule has 0 radical (unpaired) electrons. The lowest BCUT2D eigenvalue weighted by atomic mass is 10.1. The average molecular weight is 277 g/mol. The Hall–Kier alpha value is -2.07. The second-order valence-corrected chi connectivity index (χ2v) is 4.37. The third-order valence-corrected chi connectivity index (χ3v) is 2.74. The lowest BCUT2D eigenvalue weighted by molar-refractivity contribution is -0.115. The zero-order valence-corrected chi connectivity index (χ0v) is 11.1. The lowest BCUT2D eigenvalue weighted by Crippen LogP contribution is -2.15. The van der Waals surface area contributed by atoms with Gasteiger partial charge in [0.15, 0.2) is 0 Å². The van der Waals surface area contributed by atoms with Crippen molar-refractivity contribution in [1.82, 2.24) is 4.98 Å². The number of methoxy groups -OCH3 is 1. The highest BCUT2D eigenvalue weighted by Crippen LogP contribution is 2.13. The van der Waals surface area contributed by atoms with Gasteiger partial charge in [-0.1, -0.05) is 23.7 Å². The fourth-order valence-electron chi connectivity index (χ4n) is 1.57. The smallest absolute Gasteiger partial charge is 0.229 e. The van der Waals surface area contributed by atoms with Crippen LogP contribution in [0, 0.1) is 0 Å². The van der Waals surface area contributed by atoms with E-state index in [4.69, 9.17) is 16.3 Å². The molecule has 0 unspecified atom stereocenters. The summed E-state index contributed by atoms with van der Waals surface area (Å²) in [6, 6.07) is 10.7. The van der Waals surface area contributed by atoms with Gasteiger partial charge in [-0.05, 0) is 29.8 Å². The summed E-state index contributed by atoms with van der Waals surface area (Å²) in [5, 5.41) is 3.24. The summed E-state index contributed by atoms with van der Waals surface area (Å²) in [6.07, 6.45) is 1.78. The van der Waals surface area contributed by atoms with Gasteiger partial charge in [0.1, 0.15) is 11.6 Å². The number of anilines is 1. The minimum Gasteiger partial charge on any atom is -0.497 e. The predicted molar refractivity (Wildman–Crippen MR) is 74.6 cm³/mol. The molecule has 1 N–H and O–H groups in total. The van der Waals surface area contributed by atoms with Gasteiger partial charge < -0.3 is 10.1 Å². The van der Waals surface area contributed by atoms with Gasteiger partial charge in [0.25, 0.3) is 0 Å². The minimum atomic E-state index is -0.125. The minimum absolute atomic E-state index is 0.125. The number of rotatable bonds is 4. The summed E-state index contributed by atoms with van der Waals surface area (Å²) in [7, 11) is 1.61. The zero-order valence-electron chi connectivity index (χ0n) is 10.4. The number of hydrogen-bond donors (Lipinski definition) is 1. The van der Waals surface area contributed by atoms with Crippen molar-refractivity contribution in [3.8, 4) is 5.75 Å². The van der Waals surface area contributed by atoms with Crippen LogP contribution in [0.4, 0.5) is 5.82 Å². The van der Waals surface area contributed by atoms with Gasteiger partial charge in [-0.25, -0.2) is 4.98 Å². The first-order chi connectivity index (χ1) is 9.17. The van der Waals surface area contributed by atoms with E-state index in [0.29, 0.717) is 10.8 Å². The molecule has 0 atom stereocenters. The fraction of sp³-hybridized carbons (Fsp3) is 0.143. The summed E-state index contributed by atoms with van der Waals surface area (Å²) < 4.78 is 5.06. The van der Waals surface area contributed by atoms with E-state index in [-0.39, 0.29) is 12.3 Å². The van der Waals surface area contributed by atoms with Crippen LogP contribution in [0.5, 0.6) is 5.75 Å². The molecule has 0 bridgehead atoms. The Kier molecular flexibility index (Phi) is 4.36. The summed E-state index contributed by atoms with van der Waals surface area (Å²) in [6.45, 7) is 0. The molecule has 5 heteroatoms. The molecule has 19 heavy (non-hydrogen) atoms. The third kappa shape index (κ3) is 3.96. The van der Waals surface area contributed by atoms with Crippen molar-refractivity contribution in [3.05, 3.63) is 53.2 Å². The molecule has 0 saturated carbocycles. The Morgan fingerprint density at radius 1 is 1.26 bits per heavy atom. The molecule has 0 aliphatic heterocycles. The summed E-state index contributed by atoms with van der Waals surface area (Å²) >= 11 is 5.72. The third-order valence-electron chi connectivity index (χ3n) is 2.52. The molecule has 1 heterocycles. The van der Waals surface area contributed by atoms with Crippen LogP contribution in [-0.2, 0) is 11.2 Å². The molecule has 0 aliphatic carbocycles. The summed E-state index contributed by atoms with van der Waals surface area (Å²) in [4.78, 5) is 15.8. The van der Waals surface area contributed by atoms with E-state index in [0.717, 1.165) is 11.3 Å². The van der Waals surface area contributed by atoms with E-state index in [1.807, 2.05) is 24.3 Å². The standard InChI is InChI=1S/C14H13ClN2O2/c1-19-12-5-2-10(3-6-12)8-14(18)17-13-7-4-11(15)9-16-13/h2-7,9H,8H2,1H3,(H,16,17,18). The topological polar surface area (TPSA) is 51.2 Å². The van der Waals surface area contributed by atoms with Crippen molar-refractivity contribution in [1.29, 1.82) is 0 Å². The largest absolute Gasteiger partial charge is 0.497 e. The number of carbonyl (C=O) groups excluding carboxylic acids is 1. The van der Waals surface area contributed by atoms with E-state index in [2.05, 4.69) is 10.3 Å². The monoisotopic (exact) mass is 276 g/mol. The molecule has 4 nitrogen and oxygen atoms in total. The Labute approximate surface area is 116 Å². The number of nitrogens with zero attached hydrogens (tertiary/aromatic N) is 1. The molecular formula is C14H13ClN2O2. The molecule has 98 valence electrons. The summed E-state index contributed by atoms with van der Waals surface area (Å²) in [5.74, 6) is 1.13. The molecule has 1 amide bonds. The fourth-order valence-corrected chi connectivity index (χ4v) is 1.68. The average Bonchev–Trinajstić information content (AvgIpc) is 2.42. The maximum absolute atomic E-state index is 11.8. The van der Waals surface area contributed by atoms with E-state index in [1.165, 1.54) is 6.20 Å². The van der Waals surface area contributed by atoms with E-state index >= 15 is 0 Å². The van der Waals surface area contributed by atoms with Crippen molar-refractivity contribution in [3.63, 3.8) is 0 Å². The number of aromatic nitrogens is 1. The van der Waals surface area contributed by atoms with Gasteiger partial charge in [0.2, 0.25) is 5.91 Å². The molecule has 2 rings (SSSR count). The first kappa shape index (κ1) is 13.4. The van der Waals surface area contributed by atoms with Crippen molar-refractivity contribution in [2.75, 3.05) is 12.4 Å². The number of carbonyl (C=O) groups is 1. The maximum Gasteiger partial charge on any atom is 0.229 e. The van der Waals surface area contributed by atoms with E-state index in [9.17, 15) is 4.79 Å². The van der Waals surface area contributed by atoms with Crippen LogP contribution >= 0.6 is 11.6 Å². The van der Waals surface area contributed by atoms with Crippen LogP contribution in [0.15, 0.2) is 42.6 Å². The Morgan fingerprint density at radius 3 is 2.58 bits per heavy atom. The quantitative estimate of drug-likeness (QED) is 0.934. The van der Waals surface area contributed by atoms with E-state index in [1.54, 1.807) is 19.2 Å². The predicted octanol–water partition coefficient (Wildman–Crippen LogP) is 2.92. The van der Waals surface area contributed by atoms with Crippen LogP contribution in [0.1, 0.15) is 5.56 Å². The first-order valence-corrected chi connectivity index (χ1v) is 6.09. The molecule has 0 aliphatic rings. The van der Waals surface area contributed by atoms with E-state index < -0.39 is 0 Å². The van der Waals surface area contributed by atoms with Crippen molar-refractivity contribution in [2.24, 2.45) is 0 Å². The van der Waals surface area contributed by atoms with Crippen LogP contribution < -0.4 is 10.1 Å². The number of amides is 1. The number of benzene rings is 1. The number of halogens is 1. The van der Waals surface area contributed by atoms with Crippen LogP contribution in [0.3, 0.4) is 0 Å². The number of ether oxygens (including phenoxy) is 1. The number of pyridine rings is 1. The highest BCUT2D eigenvalue weighted by Gasteiger charge is 2.05. The van der Waals surface area contributed by atoms with Gasteiger partial charge >= 0.3 is 0 Å². The Bertz CT molecular complexity index is 553. The van der Waals surface area contributed by atoms with Crippen molar-refractivity contribution < 1.29 is 9.53 Å². The van der Waals surface area contributed by atoms with Crippen LogP contribution in [0.25, 0.3) is 0 Å². The molecule has 0 fully saturated rings. The molecule has 0 saturated heterocycles. The second kappa shape index (κ2) is 6.20. The Balaban J connectivity index is 1.95. The Morgan fingerprint density at radius 2 is 2.00 bits per heavy atom. The van der Waals surface area contributed by atoms with Gasteiger partial charge in [-0.15, -0.1) is 0 Å². The summed E-state index contributed by atoms with van der Waals surface area (Å²) in [5.41, 5.74) is 0.910. The first-order valence-electron chi connectivity index (χ1n) is 5.72. The second-order valence-electron chi connectivity index (χ2n) is 3.93. The molecule has 0 spiro atoms. The normalized spacial score (nSPS) is 10.0.